The van der Waals surface area contributed by atoms with Crippen molar-refractivity contribution in [3.05, 3.63) is 170 Å². The van der Waals surface area contributed by atoms with Crippen LogP contribution in [0.25, 0.3) is 105 Å². The summed E-state index contributed by atoms with van der Waals surface area (Å²) < 4.78 is 8.92. The van der Waals surface area contributed by atoms with E-state index in [0.717, 1.165) is 60.7 Å². The molecule has 0 radical (unpaired) electrons. The van der Waals surface area contributed by atoms with Gasteiger partial charge in [0.2, 0.25) is 0 Å². The van der Waals surface area contributed by atoms with Gasteiger partial charge in [-0.05, 0) is 70.1 Å². The van der Waals surface area contributed by atoms with Crippen molar-refractivity contribution in [3.63, 3.8) is 0 Å². The number of furan rings is 1. The summed E-state index contributed by atoms with van der Waals surface area (Å²) in [6.45, 7) is 0. The summed E-state index contributed by atoms with van der Waals surface area (Å²) in [5.41, 5.74) is 7.77. The number of hydrogen-bond donors (Lipinski definition) is 0. The molecule has 242 valence electrons. The molecule has 8 aromatic carbocycles. The average Bonchev–Trinajstić information content (AvgIpc) is 3.76. The standard InChI is InChI=1S/C47H28N4O/c1-2-13-31(14-3-1)45-48-46(33-22-21-29-11-4-5-15-32(29)27-33)50-47(49-45)34-24-26-41-37(28-34)44-39(19-10-20-42(44)52-41)51-38-18-9-8-17-36(38)43-35-16-7-6-12-30(35)23-25-40(43)51/h1-28H. The van der Waals surface area contributed by atoms with E-state index in [1.165, 1.54) is 26.9 Å². The van der Waals surface area contributed by atoms with E-state index in [9.17, 15) is 0 Å². The van der Waals surface area contributed by atoms with Gasteiger partial charge in [0.15, 0.2) is 17.5 Å². The predicted octanol–water partition coefficient (Wildman–Crippen LogP) is 12.2. The molecule has 0 atom stereocenters. The Labute approximate surface area is 298 Å². The monoisotopic (exact) mass is 664 g/mol. The number of para-hydroxylation sites is 1. The van der Waals surface area contributed by atoms with Gasteiger partial charge in [-0.15, -0.1) is 0 Å². The Bertz CT molecular complexity index is 3190. The van der Waals surface area contributed by atoms with Crippen molar-refractivity contribution in [2.24, 2.45) is 0 Å². The Balaban J connectivity index is 1.15. The van der Waals surface area contributed by atoms with Crippen LogP contribution in [-0.2, 0) is 0 Å². The first-order chi connectivity index (χ1) is 25.8. The van der Waals surface area contributed by atoms with Gasteiger partial charge in [-0.25, -0.2) is 15.0 Å². The molecule has 11 rings (SSSR count). The lowest BCUT2D eigenvalue weighted by Crippen LogP contribution is -2.00. The third-order valence-corrected chi connectivity index (χ3v) is 10.2. The average molecular weight is 665 g/mol. The summed E-state index contributed by atoms with van der Waals surface area (Å²) in [6.07, 6.45) is 0. The molecular formula is C47H28N4O. The Kier molecular flexibility index (Phi) is 6.18. The molecule has 0 bridgehead atoms. The van der Waals surface area contributed by atoms with Crippen molar-refractivity contribution in [3.8, 4) is 39.9 Å². The van der Waals surface area contributed by atoms with Gasteiger partial charge in [-0.3, -0.25) is 0 Å². The van der Waals surface area contributed by atoms with E-state index in [-0.39, 0.29) is 0 Å². The number of rotatable bonds is 4. The highest BCUT2D eigenvalue weighted by Gasteiger charge is 2.20. The fourth-order valence-electron chi connectivity index (χ4n) is 7.81. The van der Waals surface area contributed by atoms with Crippen molar-refractivity contribution < 1.29 is 4.42 Å². The van der Waals surface area contributed by atoms with Gasteiger partial charge in [0.05, 0.1) is 22.1 Å². The number of nitrogens with zero attached hydrogens (tertiary/aromatic N) is 4. The van der Waals surface area contributed by atoms with Crippen molar-refractivity contribution in [2.75, 3.05) is 0 Å². The Morgan fingerprint density at radius 3 is 1.87 bits per heavy atom. The van der Waals surface area contributed by atoms with Crippen LogP contribution >= 0.6 is 0 Å². The molecule has 0 amide bonds. The lowest BCUT2D eigenvalue weighted by molar-refractivity contribution is 0.669. The molecule has 0 aliphatic rings. The van der Waals surface area contributed by atoms with Crippen molar-refractivity contribution >= 4 is 65.3 Å². The Hall–Kier alpha value is -7.11. The zero-order valence-corrected chi connectivity index (χ0v) is 27.9. The number of aromatic nitrogens is 4. The van der Waals surface area contributed by atoms with Gasteiger partial charge in [-0.2, -0.15) is 0 Å². The molecule has 0 saturated carbocycles. The van der Waals surface area contributed by atoms with Crippen LogP contribution in [0.5, 0.6) is 0 Å². The highest BCUT2D eigenvalue weighted by atomic mass is 16.3. The lowest BCUT2D eigenvalue weighted by Gasteiger charge is -2.11. The molecule has 0 saturated heterocycles. The molecular weight excluding hydrogens is 637 g/mol. The summed E-state index contributed by atoms with van der Waals surface area (Å²) in [7, 11) is 0. The first kappa shape index (κ1) is 28.7. The third-order valence-electron chi connectivity index (χ3n) is 10.2. The van der Waals surface area contributed by atoms with Crippen LogP contribution in [0.1, 0.15) is 0 Å². The van der Waals surface area contributed by atoms with E-state index in [2.05, 4.69) is 132 Å². The number of hydrogen-bond acceptors (Lipinski definition) is 4. The van der Waals surface area contributed by atoms with Crippen LogP contribution < -0.4 is 0 Å². The van der Waals surface area contributed by atoms with Crippen LogP contribution in [-0.4, -0.2) is 19.5 Å². The first-order valence-corrected chi connectivity index (χ1v) is 17.4. The van der Waals surface area contributed by atoms with Gasteiger partial charge in [0, 0.05) is 32.8 Å². The maximum Gasteiger partial charge on any atom is 0.164 e. The number of fused-ring (bicyclic) bond motifs is 9. The maximum absolute atomic E-state index is 6.54. The topological polar surface area (TPSA) is 56.7 Å². The van der Waals surface area contributed by atoms with Crippen LogP contribution in [0.4, 0.5) is 0 Å². The second kappa shape index (κ2) is 11.2. The predicted molar refractivity (Wildman–Crippen MR) is 213 cm³/mol. The minimum Gasteiger partial charge on any atom is -0.456 e. The van der Waals surface area contributed by atoms with Gasteiger partial charge >= 0.3 is 0 Å². The summed E-state index contributed by atoms with van der Waals surface area (Å²) >= 11 is 0. The molecule has 0 aliphatic carbocycles. The Morgan fingerprint density at radius 2 is 1.02 bits per heavy atom. The number of benzene rings is 8. The van der Waals surface area contributed by atoms with E-state index in [0.29, 0.717) is 17.5 Å². The fourth-order valence-corrected chi connectivity index (χ4v) is 7.81. The zero-order chi connectivity index (χ0) is 34.2. The van der Waals surface area contributed by atoms with E-state index in [1.807, 2.05) is 42.5 Å². The van der Waals surface area contributed by atoms with Crippen LogP contribution in [0.2, 0.25) is 0 Å². The van der Waals surface area contributed by atoms with Crippen LogP contribution in [0.3, 0.4) is 0 Å². The second-order valence-electron chi connectivity index (χ2n) is 13.2. The van der Waals surface area contributed by atoms with Gasteiger partial charge in [-0.1, -0.05) is 121 Å². The van der Waals surface area contributed by atoms with Gasteiger partial charge in [0.1, 0.15) is 11.2 Å². The molecule has 5 heteroatoms. The van der Waals surface area contributed by atoms with Crippen molar-refractivity contribution in [1.29, 1.82) is 0 Å². The van der Waals surface area contributed by atoms with Crippen LogP contribution in [0, 0.1) is 0 Å². The van der Waals surface area contributed by atoms with E-state index in [1.54, 1.807) is 0 Å². The highest BCUT2D eigenvalue weighted by molar-refractivity contribution is 6.22. The SMILES string of the molecule is c1ccc(-c2nc(-c3ccc4ccccc4c3)nc(-c3ccc4oc5cccc(-n6c7ccccc7c7c8ccccc8ccc76)c5c4c3)n2)cc1. The summed E-state index contributed by atoms with van der Waals surface area (Å²) in [5, 5.41) is 9.30. The minimum absolute atomic E-state index is 0.606. The quantitative estimate of drug-likeness (QED) is 0.188. The Morgan fingerprint density at radius 1 is 0.365 bits per heavy atom. The second-order valence-corrected chi connectivity index (χ2v) is 13.2. The lowest BCUT2D eigenvalue weighted by atomic mass is 10.0. The zero-order valence-electron chi connectivity index (χ0n) is 27.9. The van der Waals surface area contributed by atoms with Gasteiger partial charge < -0.3 is 8.98 Å². The molecule has 3 aromatic heterocycles. The molecule has 0 aliphatic heterocycles. The summed E-state index contributed by atoms with van der Waals surface area (Å²) in [4.78, 5) is 15.2. The van der Waals surface area contributed by atoms with E-state index in [4.69, 9.17) is 19.4 Å². The largest absolute Gasteiger partial charge is 0.456 e. The van der Waals surface area contributed by atoms with E-state index >= 15 is 0 Å². The van der Waals surface area contributed by atoms with Crippen molar-refractivity contribution in [1.82, 2.24) is 19.5 Å². The first-order valence-electron chi connectivity index (χ1n) is 17.4. The van der Waals surface area contributed by atoms with Gasteiger partial charge in [0.25, 0.3) is 0 Å². The minimum atomic E-state index is 0.606. The molecule has 0 fully saturated rings. The molecule has 52 heavy (non-hydrogen) atoms. The maximum atomic E-state index is 6.54. The molecule has 11 aromatic rings. The smallest absolute Gasteiger partial charge is 0.164 e. The normalized spacial score (nSPS) is 11.8. The van der Waals surface area contributed by atoms with E-state index < -0.39 is 0 Å². The molecule has 5 nitrogen and oxygen atoms in total. The fraction of sp³-hybridized carbons (Fsp3) is 0. The van der Waals surface area contributed by atoms with Crippen LogP contribution in [0.15, 0.2) is 174 Å². The third kappa shape index (κ3) is 4.39. The summed E-state index contributed by atoms with van der Waals surface area (Å²) in [6, 6.07) is 59.2. The summed E-state index contributed by atoms with van der Waals surface area (Å²) in [5.74, 6) is 1.86. The molecule has 0 N–H and O–H groups in total. The molecule has 3 heterocycles. The molecule has 0 unspecified atom stereocenters. The highest BCUT2D eigenvalue weighted by Crippen LogP contribution is 2.41. The molecule has 0 spiro atoms. The van der Waals surface area contributed by atoms with Crippen molar-refractivity contribution in [2.45, 2.75) is 0 Å².